The predicted molar refractivity (Wildman–Crippen MR) is 138 cm³/mol. The first kappa shape index (κ1) is 24.3. The molecule has 0 fully saturated rings. The Hall–Kier alpha value is -3.81. The van der Waals surface area contributed by atoms with Crippen LogP contribution in [0.5, 0.6) is 0 Å². The highest BCUT2D eigenvalue weighted by molar-refractivity contribution is 6.36. The van der Waals surface area contributed by atoms with Crippen molar-refractivity contribution in [2.75, 3.05) is 11.9 Å². The zero-order valence-corrected chi connectivity index (χ0v) is 20.2. The largest absolute Gasteiger partial charge is 0.462 e. The smallest absolute Gasteiger partial charge is 0.345 e. The van der Waals surface area contributed by atoms with Gasteiger partial charge in [-0.05, 0) is 47.5 Å². The Labute approximate surface area is 211 Å². The fourth-order valence-corrected chi connectivity index (χ4v) is 3.85. The summed E-state index contributed by atoms with van der Waals surface area (Å²) in [4.78, 5) is 25.0. The van der Waals surface area contributed by atoms with E-state index in [1.807, 2.05) is 42.5 Å². The van der Waals surface area contributed by atoms with Crippen molar-refractivity contribution in [2.45, 2.75) is 13.3 Å². The van der Waals surface area contributed by atoms with E-state index < -0.39 is 5.97 Å². The molecule has 0 radical (unpaired) electrons. The van der Waals surface area contributed by atoms with Crippen molar-refractivity contribution < 1.29 is 18.7 Å². The molecule has 0 aliphatic carbocycles. The minimum atomic E-state index is -0.655. The minimum Gasteiger partial charge on any atom is -0.462 e. The van der Waals surface area contributed by atoms with Gasteiger partial charge in [0.15, 0.2) is 5.76 Å². The molecular formula is C26H21Cl2N3O4. The molecule has 2 N–H and O–H groups in total. The number of hydrogen-bond donors (Lipinski definition) is 2. The Morgan fingerprint density at radius 1 is 1.03 bits per heavy atom. The van der Waals surface area contributed by atoms with Crippen LogP contribution in [0.2, 0.25) is 10.0 Å². The summed E-state index contributed by atoms with van der Waals surface area (Å²) in [6.45, 7) is 1.85. The van der Waals surface area contributed by atoms with Gasteiger partial charge in [-0.1, -0.05) is 65.7 Å². The Morgan fingerprint density at radius 3 is 2.54 bits per heavy atom. The van der Waals surface area contributed by atoms with Crippen LogP contribution in [0.15, 0.2) is 76.2 Å². The third-order valence-corrected chi connectivity index (χ3v) is 5.69. The Kier molecular flexibility index (Phi) is 7.70. The number of nitrogens with zero attached hydrogens (tertiary/aromatic N) is 1. The quantitative estimate of drug-likeness (QED) is 0.164. The van der Waals surface area contributed by atoms with Crippen molar-refractivity contribution in [3.63, 3.8) is 0 Å². The van der Waals surface area contributed by atoms with Gasteiger partial charge in [-0.15, -0.1) is 0 Å². The number of fused-ring (bicyclic) bond motifs is 1. The molecule has 0 unspecified atom stereocenters. The van der Waals surface area contributed by atoms with Crippen LogP contribution in [0.4, 0.5) is 11.6 Å². The van der Waals surface area contributed by atoms with E-state index in [1.165, 1.54) is 6.21 Å². The van der Waals surface area contributed by atoms with Crippen LogP contribution in [0.1, 0.15) is 28.6 Å². The van der Waals surface area contributed by atoms with Crippen molar-refractivity contribution in [1.29, 1.82) is 0 Å². The van der Waals surface area contributed by atoms with Crippen molar-refractivity contribution in [1.82, 2.24) is 5.43 Å². The topological polar surface area (TPSA) is 92.9 Å². The van der Waals surface area contributed by atoms with E-state index in [9.17, 15) is 9.59 Å². The van der Waals surface area contributed by atoms with Gasteiger partial charge in [0.1, 0.15) is 10.6 Å². The highest BCUT2D eigenvalue weighted by atomic mass is 35.5. The van der Waals surface area contributed by atoms with Gasteiger partial charge in [0.25, 0.3) is 0 Å². The van der Waals surface area contributed by atoms with E-state index in [0.29, 0.717) is 10.7 Å². The molecule has 4 rings (SSSR count). The summed E-state index contributed by atoms with van der Waals surface area (Å²) in [5.41, 5.74) is 3.99. The lowest BCUT2D eigenvalue weighted by atomic mass is 10.0. The molecule has 9 heteroatoms. The van der Waals surface area contributed by atoms with Crippen molar-refractivity contribution in [2.24, 2.45) is 5.10 Å². The van der Waals surface area contributed by atoms with Crippen molar-refractivity contribution in [3.8, 4) is 0 Å². The molecule has 0 spiro atoms. The number of carbonyl (C=O) groups excluding carboxylic acids is 2. The number of furan rings is 1. The van der Waals surface area contributed by atoms with Crippen molar-refractivity contribution in [3.05, 3.63) is 93.7 Å². The summed E-state index contributed by atoms with van der Waals surface area (Å²) < 4.78 is 10.8. The summed E-state index contributed by atoms with van der Waals surface area (Å²) in [5, 5.41) is 9.57. The lowest BCUT2D eigenvalue weighted by Gasteiger charge is -2.06. The Bertz CT molecular complexity index is 1390. The van der Waals surface area contributed by atoms with Crippen LogP contribution in [-0.2, 0) is 16.0 Å². The normalized spacial score (nSPS) is 11.1. The summed E-state index contributed by atoms with van der Waals surface area (Å²) in [7, 11) is 0. The number of ether oxygens (including phenoxy) is 1. The van der Waals surface area contributed by atoms with E-state index in [4.69, 9.17) is 32.4 Å². The van der Waals surface area contributed by atoms with Crippen molar-refractivity contribution >= 4 is 63.6 Å². The van der Waals surface area contributed by atoms with Crippen LogP contribution in [0.25, 0.3) is 10.8 Å². The average molecular weight is 510 g/mol. The molecule has 0 bridgehead atoms. The molecule has 0 aliphatic heterocycles. The second-order valence-corrected chi connectivity index (χ2v) is 8.26. The number of halogens is 2. The van der Waals surface area contributed by atoms with Crippen LogP contribution < -0.4 is 10.7 Å². The average Bonchev–Trinajstić information content (AvgIpc) is 3.15. The monoisotopic (exact) mass is 509 g/mol. The highest BCUT2D eigenvalue weighted by Gasteiger charge is 2.25. The number of rotatable bonds is 8. The third-order valence-electron chi connectivity index (χ3n) is 5.06. The van der Waals surface area contributed by atoms with Crippen LogP contribution in [0.3, 0.4) is 0 Å². The first-order valence-corrected chi connectivity index (χ1v) is 11.5. The summed E-state index contributed by atoms with van der Waals surface area (Å²) >= 11 is 12.3. The molecule has 0 saturated heterocycles. The van der Waals surface area contributed by atoms with E-state index in [2.05, 4.69) is 15.8 Å². The predicted octanol–water partition coefficient (Wildman–Crippen LogP) is 6.35. The van der Waals surface area contributed by atoms with Gasteiger partial charge in [0, 0.05) is 10.7 Å². The number of hydrazone groups is 1. The maximum atomic E-state index is 12.5. The lowest BCUT2D eigenvalue weighted by Crippen LogP contribution is -2.19. The van der Waals surface area contributed by atoms with Gasteiger partial charge in [-0.2, -0.15) is 5.10 Å². The maximum absolute atomic E-state index is 12.5. The number of carbonyl (C=O) groups is 2. The van der Waals surface area contributed by atoms with E-state index in [1.54, 1.807) is 31.2 Å². The number of hydrogen-bond acceptors (Lipinski definition) is 6. The fourth-order valence-electron chi connectivity index (χ4n) is 3.47. The van der Waals surface area contributed by atoms with Gasteiger partial charge in [-0.3, -0.25) is 4.79 Å². The summed E-state index contributed by atoms with van der Waals surface area (Å²) in [6.07, 6.45) is 1.38. The zero-order chi connectivity index (χ0) is 24.8. The third kappa shape index (κ3) is 5.82. The molecule has 178 valence electrons. The standard InChI is InChI=1S/C26H21Cl2N3O4/c1-2-34-26(33)23-24(28)21(35-25(23)30-19-12-10-18(27)11-13-19)15-29-31-22(32)14-17-8-5-7-16-6-3-4-9-20(16)17/h3-13,15,30H,2,14H2,1H3,(H,31,32)/b29-15-. The van der Waals surface area contributed by atoms with Crippen LogP contribution in [0, 0.1) is 0 Å². The first-order valence-electron chi connectivity index (χ1n) is 10.8. The van der Waals surface area contributed by atoms with Gasteiger partial charge in [0.2, 0.25) is 11.8 Å². The minimum absolute atomic E-state index is 0.00645. The molecule has 1 heterocycles. The molecule has 4 aromatic rings. The molecule has 1 aromatic heterocycles. The maximum Gasteiger partial charge on any atom is 0.345 e. The molecule has 7 nitrogen and oxygen atoms in total. The zero-order valence-electron chi connectivity index (χ0n) is 18.7. The van der Waals surface area contributed by atoms with E-state index in [0.717, 1.165) is 16.3 Å². The Balaban J connectivity index is 1.51. The molecule has 0 saturated carbocycles. The van der Waals surface area contributed by atoms with Crippen LogP contribution >= 0.6 is 23.2 Å². The summed E-state index contributed by atoms with van der Waals surface area (Å²) in [5.74, 6) is -0.807. The summed E-state index contributed by atoms with van der Waals surface area (Å²) in [6, 6.07) is 20.4. The highest BCUT2D eigenvalue weighted by Crippen LogP contribution is 2.34. The lowest BCUT2D eigenvalue weighted by molar-refractivity contribution is -0.120. The van der Waals surface area contributed by atoms with Gasteiger partial charge < -0.3 is 14.5 Å². The van der Waals surface area contributed by atoms with Crippen LogP contribution in [-0.4, -0.2) is 24.7 Å². The first-order chi connectivity index (χ1) is 17.0. The number of benzene rings is 3. The molecule has 35 heavy (non-hydrogen) atoms. The SMILES string of the molecule is CCOC(=O)c1c(Nc2ccc(Cl)cc2)oc(/C=N\NC(=O)Cc2cccc3ccccc23)c1Cl. The molecule has 1 amide bonds. The van der Waals surface area contributed by atoms with Gasteiger partial charge in [0.05, 0.1) is 19.2 Å². The second-order valence-electron chi connectivity index (χ2n) is 7.45. The van der Waals surface area contributed by atoms with Gasteiger partial charge >= 0.3 is 5.97 Å². The van der Waals surface area contributed by atoms with E-state index in [-0.39, 0.29) is 41.2 Å². The molecular weight excluding hydrogens is 489 g/mol. The number of nitrogens with one attached hydrogen (secondary N) is 2. The second kappa shape index (κ2) is 11.1. The Morgan fingerprint density at radius 2 is 1.77 bits per heavy atom. The molecule has 3 aromatic carbocycles. The fraction of sp³-hybridized carbons (Fsp3) is 0.115. The molecule has 0 atom stereocenters. The van der Waals surface area contributed by atoms with E-state index >= 15 is 0 Å². The number of anilines is 2. The van der Waals surface area contributed by atoms with Gasteiger partial charge in [-0.25, -0.2) is 10.2 Å². The number of amides is 1. The molecule has 0 aliphatic rings. The number of esters is 1.